The molecule has 0 amide bonds. The molecule has 0 unspecified atom stereocenters. The normalized spacial score (nSPS) is 11.2. The maximum Gasteiger partial charge on any atom is 0.347 e. The molecule has 13 heavy (non-hydrogen) atoms. The zero-order chi connectivity index (χ0) is 9.84. The van der Waals surface area contributed by atoms with E-state index in [2.05, 4.69) is 23.2 Å². The van der Waals surface area contributed by atoms with Crippen LogP contribution in [0.4, 0.5) is 0 Å². The molecule has 1 heterocycles. The molecule has 1 rings (SSSR count). The Labute approximate surface area is 79.9 Å². The zero-order valence-corrected chi connectivity index (χ0v) is 7.73. The van der Waals surface area contributed by atoms with Crippen LogP contribution >= 0.6 is 12.2 Å². The van der Waals surface area contributed by atoms with Gasteiger partial charge in [0.15, 0.2) is 4.77 Å². The fraction of sp³-hybridized carbons (Fsp3) is 0. The average Bonchev–Trinajstić information content (AvgIpc) is 2.41. The SMILES string of the molecule is C=C/C=C(\C=C)n1[nH]c(=S)[nH]c1=O. The summed E-state index contributed by atoms with van der Waals surface area (Å²) < 4.78 is 1.54. The minimum atomic E-state index is -0.321. The first-order valence-corrected chi connectivity index (χ1v) is 3.96. The third-order valence-corrected chi connectivity index (χ3v) is 1.59. The van der Waals surface area contributed by atoms with E-state index < -0.39 is 0 Å². The van der Waals surface area contributed by atoms with E-state index in [4.69, 9.17) is 12.2 Å². The quantitative estimate of drug-likeness (QED) is 0.566. The fourth-order valence-corrected chi connectivity index (χ4v) is 1.05. The zero-order valence-electron chi connectivity index (χ0n) is 6.91. The predicted octanol–water partition coefficient (Wildman–Crippen LogP) is 1.45. The van der Waals surface area contributed by atoms with Gasteiger partial charge in [0.05, 0.1) is 5.70 Å². The summed E-state index contributed by atoms with van der Waals surface area (Å²) in [5, 5.41) is 2.66. The molecule has 0 aliphatic carbocycles. The number of nitrogens with zero attached hydrogens (tertiary/aromatic N) is 1. The summed E-state index contributed by atoms with van der Waals surface area (Å²) in [5.41, 5.74) is 0.269. The highest BCUT2D eigenvalue weighted by Gasteiger charge is 1.99. The first-order valence-electron chi connectivity index (χ1n) is 3.56. The van der Waals surface area contributed by atoms with Crippen LogP contribution in [0.25, 0.3) is 5.70 Å². The van der Waals surface area contributed by atoms with Crippen molar-refractivity contribution in [2.45, 2.75) is 0 Å². The summed E-state index contributed by atoms with van der Waals surface area (Å²) in [4.78, 5) is 13.6. The van der Waals surface area contributed by atoms with Gasteiger partial charge in [0, 0.05) is 0 Å². The number of aromatic amines is 2. The molecular weight excluding hydrogens is 186 g/mol. The standard InChI is InChI=1S/C8H9N3OS/c1-3-5-6(4-2)11-8(12)9-7(13)10-11/h3-5H,1-2H2,(H2,9,10,12,13)/b6-5+. The lowest BCUT2D eigenvalue weighted by atomic mass is 10.4. The van der Waals surface area contributed by atoms with E-state index in [-0.39, 0.29) is 10.5 Å². The largest absolute Gasteiger partial charge is 0.347 e. The predicted molar refractivity (Wildman–Crippen MR) is 54.9 cm³/mol. The Bertz CT molecular complexity index is 460. The molecule has 0 atom stereocenters. The summed E-state index contributed by atoms with van der Waals surface area (Å²) in [7, 11) is 0. The lowest BCUT2D eigenvalue weighted by Gasteiger charge is -1.97. The Balaban J connectivity index is 3.35. The average molecular weight is 195 g/mol. The van der Waals surface area contributed by atoms with Crippen LogP contribution in [0.5, 0.6) is 0 Å². The molecule has 0 radical (unpaired) electrons. The Hall–Kier alpha value is -1.62. The van der Waals surface area contributed by atoms with Crippen LogP contribution in [0.1, 0.15) is 0 Å². The van der Waals surface area contributed by atoms with Crippen molar-refractivity contribution in [3.05, 3.63) is 46.6 Å². The monoisotopic (exact) mass is 195 g/mol. The molecule has 2 N–H and O–H groups in total. The van der Waals surface area contributed by atoms with Gasteiger partial charge in [-0.2, -0.15) is 0 Å². The number of hydrogen-bond acceptors (Lipinski definition) is 2. The van der Waals surface area contributed by atoms with Crippen LogP contribution in [0.2, 0.25) is 0 Å². The van der Waals surface area contributed by atoms with Gasteiger partial charge in [0.2, 0.25) is 0 Å². The van der Waals surface area contributed by atoms with Crippen molar-refractivity contribution < 1.29 is 0 Å². The van der Waals surface area contributed by atoms with Crippen molar-refractivity contribution in [3.63, 3.8) is 0 Å². The molecule has 0 bridgehead atoms. The van der Waals surface area contributed by atoms with Crippen molar-refractivity contribution in [1.29, 1.82) is 0 Å². The van der Waals surface area contributed by atoms with E-state index in [0.717, 1.165) is 0 Å². The Morgan fingerprint density at radius 2 is 2.23 bits per heavy atom. The molecule has 0 aromatic carbocycles. The van der Waals surface area contributed by atoms with Gasteiger partial charge in [0.25, 0.3) is 0 Å². The summed E-state index contributed by atoms with van der Waals surface area (Å²) in [6, 6.07) is 0. The highest BCUT2D eigenvalue weighted by molar-refractivity contribution is 7.71. The first-order chi connectivity index (χ1) is 6.19. The third kappa shape index (κ3) is 1.94. The van der Waals surface area contributed by atoms with Crippen LogP contribution in [0.15, 0.2) is 36.2 Å². The van der Waals surface area contributed by atoms with Gasteiger partial charge in [-0.1, -0.05) is 19.2 Å². The maximum absolute atomic E-state index is 11.2. The summed E-state index contributed by atoms with van der Waals surface area (Å²) in [6.07, 6.45) is 4.74. The highest BCUT2D eigenvalue weighted by atomic mass is 32.1. The van der Waals surface area contributed by atoms with Crippen LogP contribution in [0, 0.1) is 4.77 Å². The molecule has 0 aliphatic rings. The van der Waals surface area contributed by atoms with Crippen molar-refractivity contribution in [2.24, 2.45) is 0 Å². The highest BCUT2D eigenvalue weighted by Crippen LogP contribution is 1.99. The molecule has 0 saturated heterocycles. The van der Waals surface area contributed by atoms with Gasteiger partial charge in [-0.25, -0.2) is 9.48 Å². The van der Waals surface area contributed by atoms with Crippen LogP contribution in [-0.4, -0.2) is 14.8 Å². The summed E-state index contributed by atoms with van der Waals surface area (Å²) >= 11 is 4.75. The number of aromatic nitrogens is 3. The number of rotatable bonds is 3. The second kappa shape index (κ2) is 3.86. The molecule has 0 fully saturated rings. The number of nitrogens with one attached hydrogen (secondary N) is 2. The topological polar surface area (TPSA) is 53.6 Å². The van der Waals surface area contributed by atoms with E-state index in [1.807, 2.05) is 0 Å². The molecular formula is C8H9N3OS. The molecule has 0 aliphatic heterocycles. The lowest BCUT2D eigenvalue weighted by molar-refractivity contribution is 0.868. The van der Waals surface area contributed by atoms with Gasteiger partial charge in [-0.05, 0) is 24.4 Å². The number of allylic oxidation sites excluding steroid dienone is 4. The Morgan fingerprint density at radius 1 is 1.54 bits per heavy atom. The van der Waals surface area contributed by atoms with E-state index in [0.29, 0.717) is 5.70 Å². The second-order valence-electron chi connectivity index (χ2n) is 2.24. The van der Waals surface area contributed by atoms with Crippen molar-refractivity contribution in [2.75, 3.05) is 0 Å². The third-order valence-electron chi connectivity index (χ3n) is 1.39. The molecule has 68 valence electrons. The molecule has 1 aromatic heterocycles. The molecule has 4 nitrogen and oxygen atoms in total. The number of hydrogen-bond donors (Lipinski definition) is 2. The smallest absolute Gasteiger partial charge is 0.282 e. The molecule has 0 spiro atoms. The Morgan fingerprint density at radius 3 is 2.62 bits per heavy atom. The summed E-state index contributed by atoms with van der Waals surface area (Å²) in [5.74, 6) is 0. The fourth-order valence-electron chi connectivity index (χ4n) is 0.870. The van der Waals surface area contributed by atoms with Crippen molar-refractivity contribution in [1.82, 2.24) is 14.8 Å². The van der Waals surface area contributed by atoms with Gasteiger partial charge in [-0.15, -0.1) is 0 Å². The van der Waals surface area contributed by atoms with Gasteiger partial charge in [-0.3, -0.25) is 10.1 Å². The van der Waals surface area contributed by atoms with Crippen molar-refractivity contribution in [3.8, 4) is 0 Å². The van der Waals surface area contributed by atoms with Gasteiger partial charge >= 0.3 is 5.69 Å². The van der Waals surface area contributed by atoms with Crippen LogP contribution < -0.4 is 5.69 Å². The van der Waals surface area contributed by atoms with Gasteiger partial charge in [0.1, 0.15) is 0 Å². The summed E-state index contributed by atoms with van der Waals surface area (Å²) in [6.45, 7) is 7.08. The van der Waals surface area contributed by atoms with E-state index >= 15 is 0 Å². The van der Waals surface area contributed by atoms with Crippen molar-refractivity contribution >= 4 is 17.9 Å². The van der Waals surface area contributed by atoms with E-state index in [1.165, 1.54) is 10.8 Å². The second-order valence-corrected chi connectivity index (χ2v) is 2.65. The Kier molecular flexibility index (Phi) is 2.81. The van der Waals surface area contributed by atoms with E-state index in [1.54, 1.807) is 12.2 Å². The number of H-pyrrole nitrogens is 2. The molecule has 1 aromatic rings. The lowest BCUT2D eigenvalue weighted by Crippen LogP contribution is -2.16. The van der Waals surface area contributed by atoms with E-state index in [9.17, 15) is 4.79 Å². The molecule has 5 heteroatoms. The van der Waals surface area contributed by atoms with Crippen LogP contribution in [0.3, 0.4) is 0 Å². The first kappa shape index (κ1) is 9.47. The minimum absolute atomic E-state index is 0.279. The molecule has 0 saturated carbocycles. The van der Waals surface area contributed by atoms with Crippen LogP contribution in [-0.2, 0) is 0 Å². The minimum Gasteiger partial charge on any atom is -0.282 e. The van der Waals surface area contributed by atoms with Gasteiger partial charge < -0.3 is 0 Å². The maximum atomic E-state index is 11.2.